The summed E-state index contributed by atoms with van der Waals surface area (Å²) in [4.78, 5) is 17.0. The SMILES string of the molecule is O=C(Nc1ccn[nH]1)C1CC(c2ccc(F)cc2)=NO1. The highest BCUT2D eigenvalue weighted by molar-refractivity contribution is 6.05. The second-order valence-electron chi connectivity index (χ2n) is 4.30. The molecule has 0 fully saturated rings. The number of nitrogens with one attached hydrogen (secondary N) is 2. The van der Waals surface area contributed by atoms with Crippen molar-refractivity contribution in [2.24, 2.45) is 5.16 Å². The number of anilines is 1. The molecule has 6 nitrogen and oxygen atoms in total. The van der Waals surface area contributed by atoms with Gasteiger partial charge in [0.05, 0.1) is 11.9 Å². The number of aromatic nitrogens is 2. The summed E-state index contributed by atoms with van der Waals surface area (Å²) in [6.45, 7) is 0. The molecule has 0 radical (unpaired) electrons. The molecule has 3 rings (SSSR count). The van der Waals surface area contributed by atoms with Crippen LogP contribution in [0.15, 0.2) is 41.7 Å². The third kappa shape index (κ3) is 2.51. The number of H-pyrrole nitrogens is 1. The van der Waals surface area contributed by atoms with Gasteiger partial charge in [-0.25, -0.2) is 4.39 Å². The number of amides is 1. The number of hydrogen-bond donors (Lipinski definition) is 2. The lowest BCUT2D eigenvalue weighted by Gasteiger charge is -2.07. The lowest BCUT2D eigenvalue weighted by molar-refractivity contribution is -0.125. The lowest BCUT2D eigenvalue weighted by Crippen LogP contribution is -2.28. The average Bonchev–Trinajstić information content (AvgIpc) is 3.10. The maximum absolute atomic E-state index is 12.8. The second-order valence-corrected chi connectivity index (χ2v) is 4.30. The fourth-order valence-corrected chi connectivity index (χ4v) is 1.87. The minimum absolute atomic E-state index is 0.310. The van der Waals surface area contributed by atoms with E-state index in [1.165, 1.54) is 18.3 Å². The molecule has 2 heterocycles. The zero-order valence-electron chi connectivity index (χ0n) is 10.3. The molecule has 7 heteroatoms. The summed E-state index contributed by atoms with van der Waals surface area (Å²) in [5.41, 5.74) is 1.36. The highest BCUT2D eigenvalue weighted by Gasteiger charge is 2.29. The van der Waals surface area contributed by atoms with Gasteiger partial charge in [-0.1, -0.05) is 17.3 Å². The topological polar surface area (TPSA) is 79.4 Å². The van der Waals surface area contributed by atoms with Crippen molar-refractivity contribution >= 4 is 17.4 Å². The van der Waals surface area contributed by atoms with Gasteiger partial charge < -0.3 is 10.2 Å². The Morgan fingerprint density at radius 1 is 1.35 bits per heavy atom. The van der Waals surface area contributed by atoms with E-state index < -0.39 is 6.10 Å². The molecule has 2 N–H and O–H groups in total. The normalized spacial score (nSPS) is 17.4. The smallest absolute Gasteiger partial charge is 0.269 e. The summed E-state index contributed by atoms with van der Waals surface area (Å²) in [5.74, 6) is -0.134. The molecule has 2 aromatic rings. The largest absolute Gasteiger partial charge is 0.382 e. The van der Waals surface area contributed by atoms with E-state index in [1.54, 1.807) is 18.2 Å². The zero-order chi connectivity index (χ0) is 13.9. The number of nitrogens with zero attached hydrogens (tertiary/aromatic N) is 2. The number of hydrogen-bond acceptors (Lipinski definition) is 4. The van der Waals surface area contributed by atoms with E-state index in [-0.39, 0.29) is 11.7 Å². The molecular weight excluding hydrogens is 263 g/mol. The Morgan fingerprint density at radius 2 is 2.15 bits per heavy atom. The fourth-order valence-electron chi connectivity index (χ4n) is 1.87. The first-order valence-electron chi connectivity index (χ1n) is 6.01. The van der Waals surface area contributed by atoms with E-state index in [2.05, 4.69) is 20.7 Å². The Balaban J connectivity index is 1.63. The summed E-state index contributed by atoms with van der Waals surface area (Å²) in [6, 6.07) is 7.53. The number of rotatable bonds is 3. The standard InChI is InChI=1S/C13H11FN4O2/c14-9-3-1-8(2-4-9)10-7-11(20-18-10)13(19)16-12-5-6-15-17-12/h1-6,11H,7H2,(H2,15,16,17,19). The Morgan fingerprint density at radius 3 is 2.85 bits per heavy atom. The summed E-state index contributed by atoms with van der Waals surface area (Å²) < 4.78 is 12.8. The van der Waals surface area contributed by atoms with Gasteiger partial charge in [-0.15, -0.1) is 0 Å². The molecule has 20 heavy (non-hydrogen) atoms. The van der Waals surface area contributed by atoms with Gasteiger partial charge in [-0.2, -0.15) is 5.10 Å². The molecule has 0 spiro atoms. The van der Waals surface area contributed by atoms with Crippen LogP contribution >= 0.6 is 0 Å². The van der Waals surface area contributed by atoms with Crippen LogP contribution in [-0.4, -0.2) is 27.9 Å². The van der Waals surface area contributed by atoms with Crippen molar-refractivity contribution in [1.29, 1.82) is 0 Å². The Hall–Kier alpha value is -2.70. The Labute approximate surface area is 113 Å². The minimum atomic E-state index is -0.696. The summed E-state index contributed by atoms with van der Waals surface area (Å²) in [6.07, 6.45) is 1.18. The van der Waals surface area contributed by atoms with Gasteiger partial charge in [-0.3, -0.25) is 9.89 Å². The first kappa shape index (κ1) is 12.3. The van der Waals surface area contributed by atoms with Crippen LogP contribution in [0.25, 0.3) is 0 Å². The van der Waals surface area contributed by atoms with Gasteiger partial charge in [0.25, 0.3) is 5.91 Å². The number of halogens is 1. The monoisotopic (exact) mass is 274 g/mol. The summed E-state index contributed by atoms with van der Waals surface area (Å²) >= 11 is 0. The van der Waals surface area contributed by atoms with Gasteiger partial charge in [0.1, 0.15) is 11.6 Å². The number of carbonyl (C=O) groups excluding carboxylic acids is 1. The van der Waals surface area contributed by atoms with Gasteiger partial charge in [0.15, 0.2) is 0 Å². The van der Waals surface area contributed by atoms with Crippen LogP contribution in [0.4, 0.5) is 10.2 Å². The molecule has 0 saturated carbocycles. The molecule has 1 amide bonds. The number of carbonyl (C=O) groups is 1. The minimum Gasteiger partial charge on any atom is -0.382 e. The van der Waals surface area contributed by atoms with Gasteiger partial charge in [0, 0.05) is 12.5 Å². The lowest BCUT2D eigenvalue weighted by atomic mass is 10.0. The van der Waals surface area contributed by atoms with Gasteiger partial charge in [-0.05, 0) is 17.7 Å². The van der Waals surface area contributed by atoms with Crippen LogP contribution in [0.1, 0.15) is 12.0 Å². The van der Waals surface area contributed by atoms with Crippen LogP contribution in [0.5, 0.6) is 0 Å². The van der Waals surface area contributed by atoms with Crippen LogP contribution in [-0.2, 0) is 9.63 Å². The van der Waals surface area contributed by atoms with Gasteiger partial charge in [0.2, 0.25) is 6.10 Å². The van der Waals surface area contributed by atoms with Crippen molar-refractivity contribution < 1.29 is 14.0 Å². The molecule has 102 valence electrons. The maximum Gasteiger partial charge on any atom is 0.269 e. The molecule has 1 aromatic carbocycles. The van der Waals surface area contributed by atoms with E-state index in [0.717, 1.165) is 5.56 Å². The van der Waals surface area contributed by atoms with Crippen molar-refractivity contribution in [2.75, 3.05) is 5.32 Å². The predicted octanol–water partition coefficient (Wildman–Crippen LogP) is 1.68. The highest BCUT2D eigenvalue weighted by atomic mass is 19.1. The molecule has 0 aliphatic carbocycles. The van der Waals surface area contributed by atoms with E-state index in [4.69, 9.17) is 4.84 Å². The van der Waals surface area contributed by atoms with Crippen molar-refractivity contribution in [3.05, 3.63) is 47.9 Å². The zero-order valence-corrected chi connectivity index (χ0v) is 10.3. The third-order valence-electron chi connectivity index (χ3n) is 2.90. The van der Waals surface area contributed by atoms with E-state index in [1.807, 2.05) is 0 Å². The molecular formula is C13H11FN4O2. The van der Waals surface area contributed by atoms with E-state index >= 15 is 0 Å². The summed E-state index contributed by atoms with van der Waals surface area (Å²) in [7, 11) is 0. The average molecular weight is 274 g/mol. The van der Waals surface area contributed by atoms with E-state index in [9.17, 15) is 9.18 Å². The number of benzene rings is 1. The molecule has 1 atom stereocenters. The molecule has 1 unspecified atom stereocenters. The van der Waals surface area contributed by atoms with Crippen LogP contribution in [0.2, 0.25) is 0 Å². The van der Waals surface area contributed by atoms with Crippen molar-refractivity contribution in [3.63, 3.8) is 0 Å². The highest BCUT2D eigenvalue weighted by Crippen LogP contribution is 2.18. The molecule has 1 aliphatic rings. The molecule has 1 aromatic heterocycles. The van der Waals surface area contributed by atoms with Crippen LogP contribution < -0.4 is 5.32 Å². The van der Waals surface area contributed by atoms with Crippen LogP contribution in [0, 0.1) is 5.82 Å². The summed E-state index contributed by atoms with van der Waals surface area (Å²) in [5, 5.41) is 12.9. The molecule has 1 aliphatic heterocycles. The molecule has 0 saturated heterocycles. The molecule has 0 bridgehead atoms. The number of oxime groups is 1. The number of aromatic amines is 1. The quantitative estimate of drug-likeness (QED) is 0.893. The second kappa shape index (κ2) is 5.12. The maximum atomic E-state index is 12.8. The van der Waals surface area contributed by atoms with Gasteiger partial charge >= 0.3 is 0 Å². The first-order chi connectivity index (χ1) is 9.72. The fraction of sp³-hybridized carbons (Fsp3) is 0.154. The van der Waals surface area contributed by atoms with Crippen molar-refractivity contribution in [3.8, 4) is 0 Å². The van der Waals surface area contributed by atoms with Crippen molar-refractivity contribution in [1.82, 2.24) is 10.2 Å². The Kier molecular flexibility index (Phi) is 3.16. The Bertz CT molecular complexity index is 637. The first-order valence-corrected chi connectivity index (χ1v) is 6.01. The van der Waals surface area contributed by atoms with Crippen molar-refractivity contribution in [2.45, 2.75) is 12.5 Å². The third-order valence-corrected chi connectivity index (χ3v) is 2.90. The van der Waals surface area contributed by atoms with E-state index in [0.29, 0.717) is 18.0 Å². The van der Waals surface area contributed by atoms with Crippen LogP contribution in [0.3, 0.4) is 0 Å². The predicted molar refractivity (Wildman–Crippen MR) is 69.6 cm³/mol.